The van der Waals surface area contributed by atoms with Gasteiger partial charge in [0.2, 0.25) is 5.91 Å². The normalized spacial score (nSPS) is 9.91. The summed E-state index contributed by atoms with van der Waals surface area (Å²) in [5.41, 5.74) is 0. The van der Waals surface area contributed by atoms with Gasteiger partial charge < -0.3 is 10.4 Å². The molecule has 0 fully saturated rings. The minimum absolute atomic E-state index is 0. The predicted molar refractivity (Wildman–Crippen MR) is 86.3 cm³/mol. The van der Waals surface area contributed by atoms with Gasteiger partial charge in [0.1, 0.15) is 0 Å². The van der Waals surface area contributed by atoms with E-state index in [-0.39, 0.29) is 25.5 Å². The molecule has 0 saturated carbocycles. The quantitative estimate of drug-likeness (QED) is 0.657. The minimum atomic E-state index is -1.00. The summed E-state index contributed by atoms with van der Waals surface area (Å²) >= 11 is 1.51. The van der Waals surface area contributed by atoms with Crippen molar-refractivity contribution in [1.82, 2.24) is 15.5 Å². The van der Waals surface area contributed by atoms with Crippen molar-refractivity contribution < 1.29 is 19.5 Å². The molecule has 22 heavy (non-hydrogen) atoms. The zero-order valence-corrected chi connectivity index (χ0v) is 13.8. The predicted octanol–water partition coefficient (Wildman–Crippen LogP) is 1.29. The molecule has 0 atom stereocenters. The second kappa shape index (κ2) is 11.0. The highest BCUT2D eigenvalue weighted by molar-refractivity contribution is 7.09. The average Bonchev–Trinajstić information content (AvgIpc) is 2.88. The molecule has 3 amide bonds. The van der Waals surface area contributed by atoms with E-state index in [1.807, 2.05) is 24.4 Å². The maximum atomic E-state index is 11.7. The molecule has 0 unspecified atom stereocenters. The highest BCUT2D eigenvalue weighted by atomic mass is 35.5. The van der Waals surface area contributed by atoms with E-state index in [0.29, 0.717) is 13.1 Å². The van der Waals surface area contributed by atoms with E-state index in [2.05, 4.69) is 10.6 Å². The van der Waals surface area contributed by atoms with Crippen molar-refractivity contribution in [3.63, 3.8) is 0 Å². The number of nitrogens with zero attached hydrogens (tertiary/aromatic N) is 1. The molecule has 124 valence electrons. The average molecular weight is 350 g/mol. The Labute approximate surface area is 139 Å². The molecule has 0 aliphatic carbocycles. The Kier molecular flexibility index (Phi) is 10.2. The van der Waals surface area contributed by atoms with Gasteiger partial charge in [-0.2, -0.15) is 0 Å². The van der Waals surface area contributed by atoms with Crippen LogP contribution in [0.25, 0.3) is 0 Å². The lowest BCUT2D eigenvalue weighted by Crippen LogP contribution is -2.45. The SMILES string of the molecule is CCCN(CC(=O)O)CC(=O)NC(=O)NCc1cccs1.Cl. The van der Waals surface area contributed by atoms with Gasteiger partial charge in [0.25, 0.3) is 0 Å². The van der Waals surface area contributed by atoms with E-state index in [1.54, 1.807) is 0 Å². The lowest BCUT2D eigenvalue weighted by molar-refractivity contribution is -0.138. The number of imide groups is 1. The van der Waals surface area contributed by atoms with Crippen LogP contribution in [0, 0.1) is 0 Å². The van der Waals surface area contributed by atoms with Crippen molar-refractivity contribution in [2.75, 3.05) is 19.6 Å². The number of carboxylic acid groups (broad SMARTS) is 1. The fourth-order valence-corrected chi connectivity index (χ4v) is 2.36. The van der Waals surface area contributed by atoms with Crippen LogP contribution < -0.4 is 10.6 Å². The van der Waals surface area contributed by atoms with Gasteiger partial charge in [-0.05, 0) is 24.4 Å². The number of hydrogen-bond acceptors (Lipinski definition) is 5. The van der Waals surface area contributed by atoms with Crippen LogP contribution in [0.15, 0.2) is 17.5 Å². The molecule has 0 saturated heterocycles. The third kappa shape index (κ3) is 8.60. The summed E-state index contributed by atoms with van der Waals surface area (Å²) in [4.78, 5) is 36.3. The number of carbonyl (C=O) groups excluding carboxylic acids is 2. The van der Waals surface area contributed by atoms with Gasteiger partial charge in [-0.1, -0.05) is 13.0 Å². The number of rotatable bonds is 8. The van der Waals surface area contributed by atoms with Crippen LogP contribution in [0.2, 0.25) is 0 Å². The number of nitrogens with one attached hydrogen (secondary N) is 2. The molecule has 3 N–H and O–H groups in total. The molecule has 0 aliphatic heterocycles. The number of amides is 3. The standard InChI is InChI=1S/C13H19N3O4S.ClH/c1-2-5-16(9-12(18)19)8-11(17)15-13(20)14-7-10-4-3-6-21-10;/h3-4,6H,2,5,7-9H2,1H3,(H,18,19)(H2,14,15,17,20);1H. The maximum Gasteiger partial charge on any atom is 0.321 e. The Bertz CT molecular complexity index is 482. The lowest BCUT2D eigenvalue weighted by atomic mass is 10.4. The fourth-order valence-electron chi connectivity index (χ4n) is 1.72. The zero-order valence-electron chi connectivity index (χ0n) is 12.2. The summed E-state index contributed by atoms with van der Waals surface area (Å²) in [7, 11) is 0. The number of halogens is 1. The highest BCUT2D eigenvalue weighted by Gasteiger charge is 2.15. The van der Waals surface area contributed by atoms with Gasteiger partial charge in [-0.3, -0.25) is 19.8 Å². The van der Waals surface area contributed by atoms with Crippen molar-refractivity contribution in [2.45, 2.75) is 19.9 Å². The van der Waals surface area contributed by atoms with Gasteiger partial charge >= 0.3 is 12.0 Å². The first-order valence-corrected chi connectivity index (χ1v) is 7.43. The molecule has 9 heteroatoms. The number of thiophene rings is 1. The number of urea groups is 1. The van der Waals surface area contributed by atoms with Gasteiger partial charge in [-0.15, -0.1) is 23.7 Å². The third-order valence-electron chi connectivity index (χ3n) is 2.52. The van der Waals surface area contributed by atoms with E-state index >= 15 is 0 Å². The van der Waals surface area contributed by atoms with Gasteiger partial charge in [-0.25, -0.2) is 4.79 Å². The van der Waals surface area contributed by atoms with Crippen LogP contribution in [0.3, 0.4) is 0 Å². The Balaban J connectivity index is 0.00000441. The summed E-state index contributed by atoms with van der Waals surface area (Å²) in [6.07, 6.45) is 0.727. The summed E-state index contributed by atoms with van der Waals surface area (Å²) in [6, 6.07) is 3.17. The van der Waals surface area contributed by atoms with E-state index in [9.17, 15) is 14.4 Å². The molecular weight excluding hydrogens is 330 g/mol. The van der Waals surface area contributed by atoms with Crippen LogP contribution in [-0.4, -0.2) is 47.5 Å². The van der Waals surface area contributed by atoms with Crippen molar-refractivity contribution >= 4 is 41.7 Å². The number of aliphatic carboxylic acids is 1. The highest BCUT2D eigenvalue weighted by Crippen LogP contribution is 2.06. The van der Waals surface area contributed by atoms with Crippen LogP contribution in [0.4, 0.5) is 4.79 Å². The monoisotopic (exact) mass is 349 g/mol. The van der Waals surface area contributed by atoms with E-state index in [1.165, 1.54) is 16.2 Å². The summed E-state index contributed by atoms with van der Waals surface area (Å²) in [6.45, 7) is 2.38. The Morgan fingerprint density at radius 3 is 2.59 bits per heavy atom. The first kappa shape index (κ1) is 20.4. The molecule has 1 aromatic heterocycles. The van der Waals surface area contributed by atoms with E-state index in [0.717, 1.165) is 11.3 Å². The molecule has 1 rings (SSSR count). The van der Waals surface area contributed by atoms with E-state index < -0.39 is 17.9 Å². The Morgan fingerprint density at radius 2 is 2.05 bits per heavy atom. The third-order valence-corrected chi connectivity index (χ3v) is 3.40. The first-order chi connectivity index (χ1) is 10.0. The zero-order chi connectivity index (χ0) is 15.7. The number of hydrogen-bond donors (Lipinski definition) is 3. The summed E-state index contributed by atoms with van der Waals surface area (Å²) in [5, 5.41) is 15.4. The minimum Gasteiger partial charge on any atom is -0.480 e. The second-order valence-corrected chi connectivity index (χ2v) is 5.45. The van der Waals surface area contributed by atoms with Crippen LogP contribution in [-0.2, 0) is 16.1 Å². The molecule has 1 aromatic rings. The molecule has 7 nitrogen and oxygen atoms in total. The first-order valence-electron chi connectivity index (χ1n) is 6.55. The van der Waals surface area contributed by atoms with Gasteiger partial charge in [0.05, 0.1) is 19.6 Å². The Morgan fingerprint density at radius 1 is 1.32 bits per heavy atom. The van der Waals surface area contributed by atoms with Crippen molar-refractivity contribution in [3.8, 4) is 0 Å². The van der Waals surface area contributed by atoms with Crippen LogP contribution in [0.5, 0.6) is 0 Å². The van der Waals surface area contributed by atoms with Crippen molar-refractivity contribution in [1.29, 1.82) is 0 Å². The molecular formula is C13H20ClN3O4S. The molecule has 0 aliphatic rings. The maximum absolute atomic E-state index is 11.7. The largest absolute Gasteiger partial charge is 0.480 e. The lowest BCUT2D eigenvalue weighted by Gasteiger charge is -2.18. The molecule has 1 heterocycles. The van der Waals surface area contributed by atoms with Gasteiger partial charge in [0.15, 0.2) is 0 Å². The molecule has 0 aromatic carbocycles. The molecule has 0 radical (unpaired) electrons. The van der Waals surface area contributed by atoms with Crippen LogP contribution in [0.1, 0.15) is 18.2 Å². The van der Waals surface area contributed by atoms with Crippen molar-refractivity contribution in [2.24, 2.45) is 0 Å². The molecule has 0 spiro atoms. The summed E-state index contributed by atoms with van der Waals surface area (Å²) in [5.74, 6) is -1.52. The number of carbonyl (C=O) groups is 3. The molecule has 0 bridgehead atoms. The summed E-state index contributed by atoms with van der Waals surface area (Å²) < 4.78 is 0. The number of carboxylic acids is 1. The fraction of sp³-hybridized carbons (Fsp3) is 0.462. The second-order valence-electron chi connectivity index (χ2n) is 4.41. The van der Waals surface area contributed by atoms with Crippen LogP contribution >= 0.6 is 23.7 Å². The topological polar surface area (TPSA) is 98.7 Å². The Hall–Kier alpha value is -1.64. The smallest absolute Gasteiger partial charge is 0.321 e. The van der Waals surface area contributed by atoms with Gasteiger partial charge in [0, 0.05) is 4.88 Å². The van der Waals surface area contributed by atoms with E-state index in [4.69, 9.17) is 5.11 Å². The van der Waals surface area contributed by atoms with Crippen molar-refractivity contribution in [3.05, 3.63) is 22.4 Å².